The first-order valence-electron chi connectivity index (χ1n) is 14.1. The van der Waals surface area contributed by atoms with E-state index in [4.69, 9.17) is 18.6 Å². The molecule has 0 aliphatic carbocycles. The van der Waals surface area contributed by atoms with E-state index in [2.05, 4.69) is 59.1 Å². The molecule has 0 spiro atoms. The van der Waals surface area contributed by atoms with E-state index < -0.39 is 34.6 Å². The molecule has 0 bridgehead atoms. The number of carbonyl (C=O) groups is 2. The highest BCUT2D eigenvalue weighted by Gasteiger charge is 2.46. The van der Waals surface area contributed by atoms with Gasteiger partial charge in [0.25, 0.3) is 0 Å². The van der Waals surface area contributed by atoms with Crippen molar-refractivity contribution < 1.29 is 28.2 Å². The minimum Gasteiger partial charge on any atom is -0.544 e. The Morgan fingerprint density at radius 2 is 1.60 bits per heavy atom. The van der Waals surface area contributed by atoms with Gasteiger partial charge in [0.05, 0.1) is 34.5 Å². The van der Waals surface area contributed by atoms with Crippen LogP contribution in [-0.2, 0) is 34.8 Å². The molecule has 0 fully saturated rings. The van der Waals surface area contributed by atoms with Gasteiger partial charge in [0.1, 0.15) is 12.0 Å². The molecule has 1 heterocycles. The molecule has 0 amide bonds. The van der Waals surface area contributed by atoms with Crippen molar-refractivity contribution in [3.05, 3.63) is 78.1 Å². The molecule has 0 radical (unpaired) electrons. The molecular formula is C32H46O6Si2. The van der Waals surface area contributed by atoms with Gasteiger partial charge in [-0.25, -0.2) is 4.79 Å². The number of carbonyl (C=O) groups excluding carboxylic acids is 2. The molecule has 1 aliphatic heterocycles. The molecule has 4 atom stereocenters. The van der Waals surface area contributed by atoms with Crippen molar-refractivity contribution in [3.8, 4) is 0 Å². The minimum atomic E-state index is -2.38. The maximum atomic E-state index is 13.2. The Morgan fingerprint density at radius 1 is 1.00 bits per heavy atom. The highest BCUT2D eigenvalue weighted by atomic mass is 28.4. The van der Waals surface area contributed by atoms with Crippen molar-refractivity contribution >= 4 is 33.8 Å². The van der Waals surface area contributed by atoms with E-state index >= 15 is 0 Å². The Bertz CT molecular complexity index is 1140. The van der Waals surface area contributed by atoms with Gasteiger partial charge in [-0.15, -0.1) is 0 Å². The van der Waals surface area contributed by atoms with Crippen molar-refractivity contribution in [3.63, 3.8) is 0 Å². The van der Waals surface area contributed by atoms with E-state index in [1.165, 1.54) is 12.3 Å². The van der Waals surface area contributed by atoms with Crippen molar-refractivity contribution in [2.75, 3.05) is 13.7 Å². The van der Waals surface area contributed by atoms with Gasteiger partial charge in [-0.1, -0.05) is 99.7 Å². The van der Waals surface area contributed by atoms with Gasteiger partial charge in [0, 0.05) is 5.92 Å². The highest BCUT2D eigenvalue weighted by molar-refractivity contribution is 6.91. The largest absolute Gasteiger partial charge is 0.544 e. The summed E-state index contributed by atoms with van der Waals surface area (Å²) >= 11 is 0. The average Bonchev–Trinajstić information content (AvgIpc) is 2.91. The standard InChI is InChI=1S/C32H46O6Si2/c1-32(2,3)40(7,8)38-28-20-29(39(5,6)27-17-13-10-14-18-27)25(21-33)19-26(37-30(28)31(34)35-4)23-36-22-24-15-11-9-12-16-24/h9-18,20-21,25-26,29-30H,19,22-23H2,1-8H3/b28-20+/t25-,26-,29-,30-/m1/s1. The lowest BCUT2D eigenvalue weighted by molar-refractivity contribution is -0.160. The summed E-state index contributed by atoms with van der Waals surface area (Å²) in [6, 6.07) is 20.3. The Labute approximate surface area is 242 Å². The van der Waals surface area contributed by atoms with E-state index in [9.17, 15) is 9.59 Å². The van der Waals surface area contributed by atoms with Crippen molar-refractivity contribution in [2.45, 2.75) is 82.8 Å². The number of aldehydes is 1. The first-order chi connectivity index (χ1) is 18.8. The Morgan fingerprint density at radius 3 is 2.15 bits per heavy atom. The second kappa shape index (κ2) is 13.4. The van der Waals surface area contributed by atoms with Crippen molar-refractivity contribution in [2.24, 2.45) is 5.92 Å². The summed E-state index contributed by atoms with van der Waals surface area (Å²) in [6.45, 7) is 16.0. The summed E-state index contributed by atoms with van der Waals surface area (Å²) in [5.41, 5.74) is 0.919. The maximum Gasteiger partial charge on any atom is 0.342 e. The minimum absolute atomic E-state index is 0.110. The summed E-state index contributed by atoms with van der Waals surface area (Å²) < 4.78 is 24.6. The Hall–Kier alpha value is -2.53. The molecule has 218 valence electrons. The van der Waals surface area contributed by atoms with E-state index in [0.29, 0.717) is 18.8 Å². The number of methoxy groups -OCH3 is 1. The topological polar surface area (TPSA) is 71.1 Å². The van der Waals surface area contributed by atoms with Crippen LogP contribution in [-0.4, -0.2) is 54.6 Å². The molecule has 0 unspecified atom stereocenters. The number of benzene rings is 2. The summed E-state index contributed by atoms with van der Waals surface area (Å²) in [4.78, 5) is 26.0. The number of rotatable bonds is 10. The zero-order chi connectivity index (χ0) is 29.6. The molecule has 2 aromatic carbocycles. The zero-order valence-electron chi connectivity index (χ0n) is 25.3. The van der Waals surface area contributed by atoms with Crippen LogP contribution in [0.15, 0.2) is 72.5 Å². The molecule has 6 nitrogen and oxygen atoms in total. The van der Waals surface area contributed by atoms with E-state index in [1.807, 2.05) is 54.6 Å². The zero-order valence-corrected chi connectivity index (χ0v) is 27.3. The van der Waals surface area contributed by atoms with E-state index in [-0.39, 0.29) is 23.1 Å². The smallest absolute Gasteiger partial charge is 0.342 e. The van der Waals surface area contributed by atoms with Crippen molar-refractivity contribution in [1.29, 1.82) is 0 Å². The summed E-state index contributed by atoms with van der Waals surface area (Å²) in [5.74, 6) is -0.385. The Kier molecular flexibility index (Phi) is 10.7. The summed E-state index contributed by atoms with van der Waals surface area (Å²) in [7, 11) is -3.31. The predicted octanol–water partition coefficient (Wildman–Crippen LogP) is 6.24. The van der Waals surface area contributed by atoms with Crippen LogP contribution in [0.1, 0.15) is 32.8 Å². The van der Waals surface area contributed by atoms with Crippen LogP contribution < -0.4 is 5.19 Å². The van der Waals surface area contributed by atoms with Crippen LogP contribution in [0.4, 0.5) is 0 Å². The normalized spacial score (nSPS) is 23.8. The second-order valence-corrected chi connectivity index (χ2v) is 22.2. The quantitative estimate of drug-likeness (QED) is 0.188. The molecule has 8 heteroatoms. The second-order valence-electron chi connectivity index (χ2n) is 12.7. The molecule has 2 aromatic rings. The SMILES string of the molecule is COC(=O)[C@@H]1O[C@@H](COCc2ccccc2)C[C@H](C=O)[C@H]([Si](C)(C)c2ccccc2)/C=C\1O[Si](C)(C)C(C)(C)C. The van der Waals surface area contributed by atoms with Crippen LogP contribution in [0.25, 0.3) is 0 Å². The number of hydrogen-bond acceptors (Lipinski definition) is 6. The molecule has 0 N–H and O–H groups in total. The fraction of sp³-hybridized carbons (Fsp3) is 0.500. The van der Waals surface area contributed by atoms with Crippen LogP contribution in [0.2, 0.25) is 36.8 Å². The lowest BCUT2D eigenvalue weighted by atomic mass is 9.96. The molecule has 0 saturated heterocycles. The van der Waals surface area contributed by atoms with Crippen LogP contribution in [0.5, 0.6) is 0 Å². The first-order valence-corrected chi connectivity index (χ1v) is 20.0. The lowest BCUT2D eigenvalue weighted by Gasteiger charge is -2.42. The third kappa shape index (κ3) is 7.81. The van der Waals surface area contributed by atoms with Gasteiger partial charge < -0.3 is 23.4 Å². The third-order valence-corrected chi connectivity index (χ3v) is 16.9. The molecule has 0 aromatic heterocycles. The van der Waals surface area contributed by atoms with Crippen LogP contribution >= 0.6 is 0 Å². The summed E-state index contributed by atoms with van der Waals surface area (Å²) in [6.07, 6.45) is 1.97. The van der Waals surface area contributed by atoms with E-state index in [1.54, 1.807) is 0 Å². The van der Waals surface area contributed by atoms with E-state index in [0.717, 1.165) is 11.8 Å². The van der Waals surface area contributed by atoms with Gasteiger partial charge in [0.15, 0.2) is 0 Å². The highest BCUT2D eigenvalue weighted by Crippen LogP contribution is 2.42. The predicted molar refractivity (Wildman–Crippen MR) is 165 cm³/mol. The monoisotopic (exact) mass is 582 g/mol. The molecular weight excluding hydrogens is 537 g/mol. The van der Waals surface area contributed by atoms with Gasteiger partial charge in [-0.2, -0.15) is 0 Å². The van der Waals surface area contributed by atoms with Gasteiger partial charge in [0.2, 0.25) is 14.4 Å². The van der Waals surface area contributed by atoms with Gasteiger partial charge >= 0.3 is 5.97 Å². The third-order valence-electron chi connectivity index (χ3n) is 8.46. The molecule has 40 heavy (non-hydrogen) atoms. The van der Waals surface area contributed by atoms with Crippen LogP contribution in [0.3, 0.4) is 0 Å². The maximum absolute atomic E-state index is 13.2. The number of allylic oxidation sites excluding steroid dienone is 1. The van der Waals surface area contributed by atoms with Gasteiger partial charge in [-0.3, -0.25) is 0 Å². The number of esters is 1. The first kappa shape index (κ1) is 32.0. The number of hydrogen-bond donors (Lipinski definition) is 0. The molecule has 3 rings (SSSR count). The fourth-order valence-corrected chi connectivity index (χ4v) is 9.27. The van der Waals surface area contributed by atoms with Crippen LogP contribution in [0, 0.1) is 5.92 Å². The van der Waals surface area contributed by atoms with Gasteiger partial charge in [-0.05, 0) is 41.7 Å². The summed E-state index contributed by atoms with van der Waals surface area (Å²) in [5, 5.41) is 1.13. The molecule has 1 aliphatic rings. The Balaban J connectivity index is 2.08. The average molecular weight is 583 g/mol. The lowest BCUT2D eigenvalue weighted by Crippen LogP contribution is -2.51. The van der Waals surface area contributed by atoms with Crippen molar-refractivity contribution in [1.82, 2.24) is 0 Å². The molecule has 0 saturated carbocycles. The number of ether oxygens (including phenoxy) is 3. The fourth-order valence-electron chi connectivity index (χ4n) is 4.90.